The van der Waals surface area contributed by atoms with Crippen molar-refractivity contribution in [3.63, 3.8) is 0 Å². The van der Waals surface area contributed by atoms with Crippen molar-refractivity contribution in [1.29, 1.82) is 0 Å². The molecule has 0 unspecified atom stereocenters. The third-order valence-corrected chi connectivity index (χ3v) is 5.41. The van der Waals surface area contributed by atoms with Crippen LogP contribution < -0.4 is 0 Å². The highest BCUT2D eigenvalue weighted by molar-refractivity contribution is 7.86. The van der Waals surface area contributed by atoms with E-state index in [1.165, 1.54) is 0 Å². The van der Waals surface area contributed by atoms with Gasteiger partial charge >= 0.3 is 16.1 Å². The van der Waals surface area contributed by atoms with Crippen LogP contribution in [0.15, 0.2) is 40.1 Å². The van der Waals surface area contributed by atoms with Gasteiger partial charge in [0.1, 0.15) is 4.90 Å². The Bertz CT molecular complexity index is 1280. The summed E-state index contributed by atoms with van der Waals surface area (Å²) in [5.74, 6) is -1.88. The van der Waals surface area contributed by atoms with Gasteiger partial charge in [-0.3, -0.25) is 29.3 Å². The third kappa shape index (κ3) is 4.19. The molecule has 0 aliphatic carbocycles. The second-order valence-corrected chi connectivity index (χ2v) is 8.01. The highest BCUT2D eigenvalue weighted by atomic mass is 32.2. The highest BCUT2D eigenvalue weighted by Crippen LogP contribution is 2.41. The quantitative estimate of drug-likeness (QED) is 0.323. The first-order valence-electron chi connectivity index (χ1n) is 6.94. The predicted octanol–water partition coefficient (Wildman–Crippen LogP) is 1.36. The number of hydrogen-bond donors (Lipinski definition) is 3. The molecule has 29 heavy (non-hydrogen) atoms. The number of nitrogens with zero attached hydrogens (tertiary/aromatic N) is 2. The molecule has 2 rings (SSSR count). The minimum atomic E-state index is -5.48. The van der Waals surface area contributed by atoms with Crippen LogP contribution in [0.5, 0.6) is 0 Å². The molecule has 0 aliphatic rings. The van der Waals surface area contributed by atoms with E-state index in [4.69, 9.17) is 5.11 Å². The molecule has 0 aromatic heterocycles. The fourth-order valence-electron chi connectivity index (χ4n) is 2.51. The zero-order chi connectivity index (χ0) is 22.3. The van der Waals surface area contributed by atoms with Crippen molar-refractivity contribution >= 4 is 37.6 Å². The lowest BCUT2D eigenvalue weighted by Crippen LogP contribution is -2.12. The SMILES string of the molecule is O=C(O)c1cccc(-c2cc([N+](=O)[O-])cc([N+](=O)[O-])c2S(=O)(=O)O)c1S(=O)(=O)O. The topological polar surface area (TPSA) is 232 Å². The van der Waals surface area contributed by atoms with E-state index in [0.717, 1.165) is 12.1 Å². The molecule has 0 radical (unpaired) electrons. The summed E-state index contributed by atoms with van der Waals surface area (Å²) in [6, 6.07) is 2.94. The van der Waals surface area contributed by atoms with Crippen molar-refractivity contribution in [2.45, 2.75) is 9.79 Å². The molecule has 0 heterocycles. The van der Waals surface area contributed by atoms with Crippen LogP contribution in [0.3, 0.4) is 0 Å². The van der Waals surface area contributed by atoms with Gasteiger partial charge in [0.2, 0.25) is 0 Å². The summed E-state index contributed by atoms with van der Waals surface area (Å²) in [7, 11) is -10.9. The summed E-state index contributed by atoms with van der Waals surface area (Å²) in [4.78, 5) is 28.2. The first kappa shape index (κ1) is 21.8. The molecule has 0 saturated heterocycles. The molecule has 0 atom stereocenters. The van der Waals surface area contributed by atoms with Crippen molar-refractivity contribution in [2.75, 3.05) is 0 Å². The number of carboxylic acid groups (broad SMARTS) is 1. The average molecular weight is 448 g/mol. The molecule has 2 aromatic rings. The van der Waals surface area contributed by atoms with Gasteiger partial charge in [-0.15, -0.1) is 0 Å². The Morgan fingerprint density at radius 3 is 1.83 bits per heavy atom. The summed E-state index contributed by atoms with van der Waals surface area (Å²) in [5.41, 5.74) is -5.61. The molecule has 3 N–H and O–H groups in total. The Hall–Kier alpha value is -3.47. The zero-order valence-corrected chi connectivity index (χ0v) is 15.2. The number of aromatic carboxylic acids is 1. The van der Waals surface area contributed by atoms with Gasteiger partial charge < -0.3 is 5.11 Å². The lowest BCUT2D eigenvalue weighted by atomic mass is 10.0. The minimum absolute atomic E-state index is 0.209. The molecule has 0 spiro atoms. The van der Waals surface area contributed by atoms with E-state index in [9.17, 15) is 51.0 Å². The first-order valence-corrected chi connectivity index (χ1v) is 9.82. The van der Waals surface area contributed by atoms with E-state index in [1.54, 1.807) is 0 Å². The lowest BCUT2D eigenvalue weighted by Gasteiger charge is -2.13. The molecule has 0 bridgehead atoms. The largest absolute Gasteiger partial charge is 0.478 e. The van der Waals surface area contributed by atoms with Gasteiger partial charge in [0.05, 0.1) is 21.5 Å². The van der Waals surface area contributed by atoms with E-state index in [1.807, 2.05) is 0 Å². The number of benzene rings is 2. The van der Waals surface area contributed by atoms with E-state index in [2.05, 4.69) is 0 Å². The summed E-state index contributed by atoms with van der Waals surface area (Å²) in [6.45, 7) is 0. The lowest BCUT2D eigenvalue weighted by molar-refractivity contribution is -0.395. The summed E-state index contributed by atoms with van der Waals surface area (Å²) >= 11 is 0. The van der Waals surface area contributed by atoms with Gasteiger partial charge in [-0.25, -0.2) is 4.79 Å². The van der Waals surface area contributed by atoms with Crippen molar-refractivity contribution < 1.29 is 45.7 Å². The van der Waals surface area contributed by atoms with Crippen LogP contribution in [0.25, 0.3) is 11.1 Å². The van der Waals surface area contributed by atoms with Crippen molar-refractivity contribution in [2.24, 2.45) is 0 Å². The molecule has 154 valence electrons. The molecule has 14 nitrogen and oxygen atoms in total. The third-order valence-electron chi connectivity index (χ3n) is 3.51. The molecule has 0 fully saturated rings. The van der Waals surface area contributed by atoms with Crippen molar-refractivity contribution in [3.8, 4) is 11.1 Å². The van der Waals surface area contributed by atoms with Gasteiger partial charge in [0.25, 0.3) is 21.5 Å². The Balaban J connectivity index is 3.23. The fraction of sp³-hybridized carbons (Fsp3) is 0. The summed E-state index contributed by atoms with van der Waals surface area (Å²) < 4.78 is 65.9. The molecule has 0 aliphatic heterocycles. The number of non-ortho nitro benzene ring substituents is 1. The van der Waals surface area contributed by atoms with Gasteiger partial charge in [0.15, 0.2) is 4.90 Å². The van der Waals surface area contributed by atoms with Crippen LogP contribution in [-0.4, -0.2) is 46.9 Å². The maximum absolute atomic E-state index is 11.8. The minimum Gasteiger partial charge on any atom is -0.478 e. The fourth-order valence-corrected chi connectivity index (χ4v) is 4.24. The molecular weight excluding hydrogens is 440 g/mol. The smallest absolute Gasteiger partial charge is 0.337 e. The highest BCUT2D eigenvalue weighted by Gasteiger charge is 2.35. The van der Waals surface area contributed by atoms with Gasteiger partial charge in [-0.2, -0.15) is 16.8 Å². The Morgan fingerprint density at radius 1 is 0.862 bits per heavy atom. The molecule has 2 aromatic carbocycles. The Labute approximate surface area is 160 Å². The number of nitro groups is 2. The van der Waals surface area contributed by atoms with Gasteiger partial charge in [-0.1, -0.05) is 12.1 Å². The normalized spacial score (nSPS) is 11.8. The number of carboxylic acids is 1. The van der Waals surface area contributed by atoms with Crippen LogP contribution in [0.4, 0.5) is 11.4 Å². The summed E-state index contributed by atoms with van der Waals surface area (Å²) in [5, 5.41) is 31.5. The van der Waals surface area contributed by atoms with Crippen LogP contribution in [-0.2, 0) is 20.2 Å². The van der Waals surface area contributed by atoms with E-state index in [0.29, 0.717) is 12.1 Å². The maximum Gasteiger partial charge on any atom is 0.337 e. The van der Waals surface area contributed by atoms with E-state index in [-0.39, 0.29) is 6.07 Å². The monoisotopic (exact) mass is 448 g/mol. The number of hydrogen-bond acceptors (Lipinski definition) is 9. The molecular formula is C13H8N2O12S2. The zero-order valence-electron chi connectivity index (χ0n) is 13.6. The standard InChI is InChI=1S/C13H8N2O12S2/c16-13(17)8-3-1-2-7(11(8)28(22,23)24)9-4-6(14(18)19)5-10(15(20)21)12(9)29(25,26)27/h1-5H,(H,16,17)(H,22,23,24)(H,25,26,27). The van der Waals surface area contributed by atoms with Gasteiger partial charge in [-0.05, 0) is 6.07 Å². The molecule has 0 amide bonds. The predicted molar refractivity (Wildman–Crippen MR) is 91.8 cm³/mol. The molecule has 16 heteroatoms. The number of rotatable bonds is 6. The first-order chi connectivity index (χ1) is 13.2. The average Bonchev–Trinajstić information content (AvgIpc) is 2.58. The van der Waals surface area contributed by atoms with Crippen LogP contribution in [0.1, 0.15) is 10.4 Å². The van der Waals surface area contributed by atoms with E-state index >= 15 is 0 Å². The van der Waals surface area contributed by atoms with Crippen molar-refractivity contribution in [1.82, 2.24) is 0 Å². The number of nitro benzene ring substituents is 2. The molecule has 0 saturated carbocycles. The Morgan fingerprint density at radius 2 is 1.41 bits per heavy atom. The van der Waals surface area contributed by atoms with E-state index < -0.39 is 73.9 Å². The second kappa shape index (κ2) is 7.17. The number of carbonyl (C=O) groups is 1. The Kier molecular flexibility index (Phi) is 5.39. The van der Waals surface area contributed by atoms with Gasteiger partial charge in [0, 0.05) is 17.2 Å². The van der Waals surface area contributed by atoms with Crippen LogP contribution in [0.2, 0.25) is 0 Å². The second-order valence-electron chi connectivity index (χ2n) is 5.29. The maximum atomic E-state index is 11.8. The van der Waals surface area contributed by atoms with Crippen LogP contribution in [0, 0.1) is 20.2 Å². The van der Waals surface area contributed by atoms with Crippen molar-refractivity contribution in [3.05, 3.63) is 56.1 Å². The summed E-state index contributed by atoms with van der Waals surface area (Å²) in [6.07, 6.45) is 0. The van der Waals surface area contributed by atoms with Crippen LogP contribution >= 0.6 is 0 Å².